The van der Waals surface area contributed by atoms with Gasteiger partial charge >= 0.3 is 0 Å². The molecule has 96 valence electrons. The largest absolute Gasteiger partial charge is 0.491 e. The lowest BCUT2D eigenvalue weighted by molar-refractivity contribution is 0.295. The summed E-state index contributed by atoms with van der Waals surface area (Å²) in [5.41, 5.74) is 8.78. The Morgan fingerprint density at radius 3 is 2.67 bits per heavy atom. The van der Waals surface area contributed by atoms with E-state index in [9.17, 15) is 0 Å². The standard InChI is InChI=1S/C14H19N3O/c1-10-9-14(11(2)8-13(10)15)18-7-6-17-5-4-16-12(17)3/h4-5,8-9H,6-7,15H2,1-3H3. The summed E-state index contributed by atoms with van der Waals surface area (Å²) in [6, 6.07) is 3.94. The molecule has 0 radical (unpaired) electrons. The predicted octanol–water partition coefficient (Wildman–Crippen LogP) is 2.47. The summed E-state index contributed by atoms with van der Waals surface area (Å²) in [7, 11) is 0. The van der Waals surface area contributed by atoms with Crippen molar-refractivity contribution in [3.8, 4) is 5.75 Å². The Hall–Kier alpha value is -1.97. The molecule has 0 aliphatic carbocycles. The fourth-order valence-electron chi connectivity index (χ4n) is 1.86. The molecule has 2 aromatic rings. The van der Waals surface area contributed by atoms with Crippen molar-refractivity contribution in [3.63, 3.8) is 0 Å². The Morgan fingerprint density at radius 2 is 2.00 bits per heavy atom. The number of nitrogens with two attached hydrogens (primary N) is 1. The number of anilines is 1. The number of hydrogen-bond donors (Lipinski definition) is 1. The topological polar surface area (TPSA) is 53.1 Å². The van der Waals surface area contributed by atoms with Crippen molar-refractivity contribution in [3.05, 3.63) is 41.5 Å². The van der Waals surface area contributed by atoms with Gasteiger partial charge in [-0.15, -0.1) is 0 Å². The Labute approximate surface area is 107 Å². The number of aromatic nitrogens is 2. The minimum Gasteiger partial charge on any atom is -0.491 e. The van der Waals surface area contributed by atoms with Crippen LogP contribution in [0.4, 0.5) is 5.69 Å². The maximum Gasteiger partial charge on any atom is 0.122 e. The number of hydrogen-bond acceptors (Lipinski definition) is 3. The first-order valence-corrected chi connectivity index (χ1v) is 6.05. The number of aryl methyl sites for hydroxylation is 3. The molecule has 0 aliphatic rings. The van der Waals surface area contributed by atoms with Crippen LogP contribution in [-0.4, -0.2) is 16.2 Å². The van der Waals surface area contributed by atoms with E-state index in [4.69, 9.17) is 10.5 Å². The van der Waals surface area contributed by atoms with Gasteiger partial charge in [0.25, 0.3) is 0 Å². The summed E-state index contributed by atoms with van der Waals surface area (Å²) < 4.78 is 7.87. The van der Waals surface area contributed by atoms with Crippen LogP contribution in [0.3, 0.4) is 0 Å². The first kappa shape index (κ1) is 12.5. The van der Waals surface area contributed by atoms with Crippen LogP contribution in [0.2, 0.25) is 0 Å². The van der Waals surface area contributed by atoms with Gasteiger partial charge < -0.3 is 15.0 Å². The van der Waals surface area contributed by atoms with Crippen molar-refractivity contribution in [2.75, 3.05) is 12.3 Å². The Kier molecular flexibility index (Phi) is 3.55. The zero-order valence-corrected chi connectivity index (χ0v) is 11.1. The van der Waals surface area contributed by atoms with E-state index in [-0.39, 0.29) is 0 Å². The van der Waals surface area contributed by atoms with Crippen molar-refractivity contribution in [2.24, 2.45) is 0 Å². The summed E-state index contributed by atoms with van der Waals surface area (Å²) >= 11 is 0. The second-order valence-electron chi connectivity index (χ2n) is 4.49. The Bertz CT molecular complexity index is 546. The molecule has 0 saturated carbocycles. The van der Waals surface area contributed by atoms with Gasteiger partial charge in [-0.3, -0.25) is 0 Å². The summed E-state index contributed by atoms with van der Waals surface area (Å²) in [6.45, 7) is 7.41. The van der Waals surface area contributed by atoms with E-state index < -0.39 is 0 Å². The van der Waals surface area contributed by atoms with Crippen LogP contribution in [0.15, 0.2) is 24.5 Å². The van der Waals surface area contributed by atoms with E-state index in [0.717, 1.165) is 34.9 Å². The molecule has 2 N–H and O–H groups in total. The van der Waals surface area contributed by atoms with Crippen LogP contribution in [0, 0.1) is 20.8 Å². The minimum atomic E-state index is 0.626. The lowest BCUT2D eigenvalue weighted by Gasteiger charge is -2.12. The molecule has 0 amide bonds. The molecule has 0 saturated heterocycles. The maximum atomic E-state index is 5.85. The lowest BCUT2D eigenvalue weighted by atomic mass is 10.1. The van der Waals surface area contributed by atoms with E-state index in [0.29, 0.717) is 6.61 Å². The van der Waals surface area contributed by atoms with Crippen LogP contribution in [0.1, 0.15) is 17.0 Å². The number of nitrogen functional groups attached to an aromatic ring is 1. The van der Waals surface area contributed by atoms with Gasteiger partial charge in [-0.2, -0.15) is 0 Å². The van der Waals surface area contributed by atoms with Gasteiger partial charge in [0.05, 0.1) is 6.54 Å². The number of imidazole rings is 1. The van der Waals surface area contributed by atoms with Gasteiger partial charge in [0.1, 0.15) is 18.2 Å². The van der Waals surface area contributed by atoms with Crippen molar-refractivity contribution in [1.29, 1.82) is 0 Å². The third-order valence-electron chi connectivity index (χ3n) is 3.08. The molecule has 4 heteroatoms. The molecule has 1 heterocycles. The number of ether oxygens (including phenoxy) is 1. The highest BCUT2D eigenvalue weighted by atomic mass is 16.5. The molecule has 4 nitrogen and oxygen atoms in total. The van der Waals surface area contributed by atoms with Gasteiger partial charge in [0, 0.05) is 18.1 Å². The van der Waals surface area contributed by atoms with Crippen LogP contribution in [0.25, 0.3) is 0 Å². The van der Waals surface area contributed by atoms with Crippen molar-refractivity contribution < 1.29 is 4.74 Å². The van der Waals surface area contributed by atoms with Crippen molar-refractivity contribution >= 4 is 5.69 Å². The van der Waals surface area contributed by atoms with Gasteiger partial charge in [-0.05, 0) is 44.0 Å². The van der Waals surface area contributed by atoms with Gasteiger partial charge in [-0.1, -0.05) is 0 Å². The van der Waals surface area contributed by atoms with Gasteiger partial charge in [-0.25, -0.2) is 4.98 Å². The van der Waals surface area contributed by atoms with Crippen molar-refractivity contribution in [2.45, 2.75) is 27.3 Å². The minimum absolute atomic E-state index is 0.626. The molecule has 0 fully saturated rings. The highest BCUT2D eigenvalue weighted by molar-refractivity contribution is 5.53. The SMILES string of the molecule is Cc1cc(OCCn2ccnc2C)c(C)cc1N. The third-order valence-corrected chi connectivity index (χ3v) is 3.08. The lowest BCUT2D eigenvalue weighted by Crippen LogP contribution is -2.09. The molecule has 0 unspecified atom stereocenters. The van der Waals surface area contributed by atoms with E-state index >= 15 is 0 Å². The summed E-state index contributed by atoms with van der Waals surface area (Å²) in [6.07, 6.45) is 3.76. The normalized spacial score (nSPS) is 10.6. The number of benzene rings is 1. The Balaban J connectivity index is 1.99. The average Bonchev–Trinajstić information content (AvgIpc) is 2.72. The number of nitrogens with zero attached hydrogens (tertiary/aromatic N) is 2. The fraction of sp³-hybridized carbons (Fsp3) is 0.357. The summed E-state index contributed by atoms with van der Waals surface area (Å²) in [5.74, 6) is 1.91. The first-order valence-electron chi connectivity index (χ1n) is 6.05. The average molecular weight is 245 g/mol. The Morgan fingerprint density at radius 1 is 1.22 bits per heavy atom. The van der Waals surface area contributed by atoms with Gasteiger partial charge in [0.15, 0.2) is 0 Å². The summed E-state index contributed by atoms with van der Waals surface area (Å²) in [4.78, 5) is 4.18. The molecule has 1 aromatic carbocycles. The van der Waals surface area contributed by atoms with Gasteiger partial charge in [0.2, 0.25) is 0 Å². The predicted molar refractivity (Wildman–Crippen MR) is 72.8 cm³/mol. The number of rotatable bonds is 4. The molecular weight excluding hydrogens is 226 g/mol. The van der Waals surface area contributed by atoms with E-state index in [1.165, 1.54) is 0 Å². The van der Waals surface area contributed by atoms with E-state index in [1.807, 2.05) is 39.1 Å². The zero-order chi connectivity index (χ0) is 13.1. The van der Waals surface area contributed by atoms with Crippen LogP contribution < -0.4 is 10.5 Å². The van der Waals surface area contributed by atoms with Crippen LogP contribution in [-0.2, 0) is 6.54 Å². The highest BCUT2D eigenvalue weighted by Gasteiger charge is 2.04. The van der Waals surface area contributed by atoms with E-state index in [1.54, 1.807) is 6.20 Å². The second-order valence-corrected chi connectivity index (χ2v) is 4.49. The molecule has 1 aromatic heterocycles. The second kappa shape index (κ2) is 5.12. The molecule has 0 aliphatic heterocycles. The summed E-state index contributed by atoms with van der Waals surface area (Å²) in [5, 5.41) is 0. The highest BCUT2D eigenvalue weighted by Crippen LogP contribution is 2.24. The zero-order valence-electron chi connectivity index (χ0n) is 11.1. The van der Waals surface area contributed by atoms with Crippen molar-refractivity contribution in [1.82, 2.24) is 9.55 Å². The molecule has 0 spiro atoms. The van der Waals surface area contributed by atoms with Crippen LogP contribution in [0.5, 0.6) is 5.75 Å². The fourth-order valence-corrected chi connectivity index (χ4v) is 1.86. The quantitative estimate of drug-likeness (QED) is 0.842. The van der Waals surface area contributed by atoms with E-state index in [2.05, 4.69) is 9.55 Å². The smallest absolute Gasteiger partial charge is 0.122 e. The van der Waals surface area contributed by atoms with Crippen LogP contribution >= 0.6 is 0 Å². The third kappa shape index (κ3) is 2.64. The maximum absolute atomic E-state index is 5.85. The monoisotopic (exact) mass is 245 g/mol. The molecule has 0 atom stereocenters. The molecule has 0 bridgehead atoms. The molecule has 2 rings (SSSR count). The molecule has 18 heavy (non-hydrogen) atoms. The first-order chi connectivity index (χ1) is 8.58. The molecular formula is C14H19N3O.